The van der Waals surface area contributed by atoms with Crippen LogP contribution in [0, 0.1) is 0 Å². The third-order valence-corrected chi connectivity index (χ3v) is 5.93. The molecule has 0 atom stereocenters. The molecule has 1 amide bonds. The number of aromatic hydroxyl groups is 1. The molecule has 11 heteroatoms. The molecule has 160 valence electrons. The maximum absolute atomic E-state index is 13.1. The highest BCUT2D eigenvalue weighted by molar-refractivity contribution is 7.09. The van der Waals surface area contributed by atoms with E-state index in [0.29, 0.717) is 27.0 Å². The minimum Gasteiger partial charge on any atom is -0.506 e. The van der Waals surface area contributed by atoms with Crippen molar-refractivity contribution >= 4 is 34.8 Å². The van der Waals surface area contributed by atoms with E-state index in [-0.39, 0.29) is 19.8 Å². The van der Waals surface area contributed by atoms with Crippen LogP contribution in [0.5, 0.6) is 5.75 Å². The van der Waals surface area contributed by atoms with Crippen LogP contribution in [-0.2, 0) is 29.3 Å². The van der Waals surface area contributed by atoms with Gasteiger partial charge in [-0.1, -0.05) is 29.8 Å². The maximum atomic E-state index is 13.1. The van der Waals surface area contributed by atoms with E-state index >= 15 is 0 Å². The summed E-state index contributed by atoms with van der Waals surface area (Å²) < 4.78 is 6.70. The van der Waals surface area contributed by atoms with Crippen LogP contribution in [0.2, 0.25) is 5.02 Å². The highest BCUT2D eigenvalue weighted by atomic mass is 35.5. The molecule has 3 aromatic rings. The van der Waals surface area contributed by atoms with Gasteiger partial charge in [0.05, 0.1) is 31.1 Å². The Morgan fingerprint density at radius 1 is 1.29 bits per heavy atom. The van der Waals surface area contributed by atoms with Crippen LogP contribution < -0.4 is 10.9 Å². The average Bonchev–Trinajstić information content (AvgIpc) is 3.40. The number of rotatable bonds is 6. The number of pyridine rings is 1. The van der Waals surface area contributed by atoms with Gasteiger partial charge < -0.3 is 24.8 Å². The molecule has 9 nitrogen and oxygen atoms in total. The molecule has 0 radical (unpaired) electrons. The Morgan fingerprint density at radius 2 is 2.06 bits per heavy atom. The van der Waals surface area contributed by atoms with E-state index in [0.717, 1.165) is 5.56 Å². The van der Waals surface area contributed by atoms with Crippen LogP contribution >= 0.6 is 22.9 Å². The number of carbonyl (C=O) groups is 2. The fourth-order valence-corrected chi connectivity index (χ4v) is 4.32. The predicted octanol–water partition coefficient (Wildman–Crippen LogP) is 2.22. The Labute approximate surface area is 184 Å². The van der Waals surface area contributed by atoms with Gasteiger partial charge in [0.15, 0.2) is 0 Å². The van der Waals surface area contributed by atoms with Crippen molar-refractivity contribution in [2.75, 3.05) is 6.54 Å². The molecule has 0 spiro atoms. The molecular formula is C20H16ClN3O6S. The lowest BCUT2D eigenvalue weighted by Crippen LogP contribution is -2.37. The van der Waals surface area contributed by atoms with Crippen molar-refractivity contribution in [3.63, 3.8) is 0 Å². The van der Waals surface area contributed by atoms with Gasteiger partial charge in [-0.3, -0.25) is 14.4 Å². The van der Waals surface area contributed by atoms with Crippen LogP contribution in [0.25, 0.3) is 11.3 Å². The number of nitrogens with one attached hydrogen (secondary N) is 1. The van der Waals surface area contributed by atoms with E-state index < -0.39 is 35.3 Å². The summed E-state index contributed by atoms with van der Waals surface area (Å²) in [5.41, 5.74) is 0.916. The molecule has 1 aromatic carbocycles. The molecule has 4 rings (SSSR count). The number of nitrogens with zero attached hydrogens (tertiary/aromatic N) is 2. The SMILES string of the molecule is O=C(O)CNC(=O)c1c(O)c2c(n(Cc3nc(-c4ccccc4Cl)cs3)c1=O)COC2. The molecule has 1 aliphatic rings. The van der Waals surface area contributed by atoms with Gasteiger partial charge in [0.25, 0.3) is 11.5 Å². The maximum Gasteiger partial charge on any atom is 0.322 e. The summed E-state index contributed by atoms with van der Waals surface area (Å²) in [4.78, 5) is 40.8. The second kappa shape index (κ2) is 8.50. The van der Waals surface area contributed by atoms with Crippen molar-refractivity contribution in [1.29, 1.82) is 0 Å². The molecule has 0 unspecified atom stereocenters. The van der Waals surface area contributed by atoms with Crippen molar-refractivity contribution in [1.82, 2.24) is 14.9 Å². The molecule has 3 heterocycles. The van der Waals surface area contributed by atoms with Gasteiger partial charge in [0.1, 0.15) is 22.9 Å². The zero-order chi connectivity index (χ0) is 22.1. The van der Waals surface area contributed by atoms with Crippen molar-refractivity contribution in [3.8, 4) is 17.0 Å². The average molecular weight is 462 g/mol. The number of hydrogen-bond acceptors (Lipinski definition) is 7. The summed E-state index contributed by atoms with van der Waals surface area (Å²) in [7, 11) is 0. The van der Waals surface area contributed by atoms with Gasteiger partial charge in [0, 0.05) is 21.5 Å². The number of thiazole rings is 1. The molecule has 3 N–H and O–H groups in total. The van der Waals surface area contributed by atoms with E-state index in [1.54, 1.807) is 6.07 Å². The van der Waals surface area contributed by atoms with Gasteiger partial charge in [-0.15, -0.1) is 11.3 Å². The Kier molecular flexibility index (Phi) is 5.77. The monoisotopic (exact) mass is 461 g/mol. The number of hydrogen-bond donors (Lipinski definition) is 3. The number of carboxylic acid groups (broad SMARTS) is 1. The lowest BCUT2D eigenvalue weighted by molar-refractivity contribution is -0.135. The first-order valence-corrected chi connectivity index (χ1v) is 10.4. The van der Waals surface area contributed by atoms with Gasteiger partial charge in [-0.2, -0.15) is 0 Å². The quantitative estimate of drug-likeness (QED) is 0.513. The number of carbonyl (C=O) groups excluding carboxylic acids is 1. The molecular weight excluding hydrogens is 446 g/mol. The molecule has 0 bridgehead atoms. The Hall–Kier alpha value is -3.21. The number of aromatic nitrogens is 2. The van der Waals surface area contributed by atoms with Crippen molar-refractivity contribution < 1.29 is 24.5 Å². The van der Waals surface area contributed by atoms with Crippen molar-refractivity contribution in [3.05, 3.63) is 66.9 Å². The van der Waals surface area contributed by atoms with E-state index in [1.165, 1.54) is 15.9 Å². The standard InChI is InChI=1S/C20H16ClN3O6S/c21-12-4-2-1-3-10(12)13-9-31-15(23-13)6-24-14-8-30-7-11(14)18(27)17(20(24)29)19(28)22-5-16(25)26/h1-4,9,27H,5-8H2,(H,22,28)(H,25,26). The predicted molar refractivity (Wildman–Crippen MR) is 112 cm³/mol. The summed E-state index contributed by atoms with van der Waals surface area (Å²) in [6.07, 6.45) is 0. The number of fused-ring (bicyclic) bond motifs is 1. The molecule has 2 aromatic heterocycles. The van der Waals surface area contributed by atoms with Gasteiger partial charge in [-0.05, 0) is 6.07 Å². The summed E-state index contributed by atoms with van der Waals surface area (Å²) in [5.74, 6) is -2.73. The summed E-state index contributed by atoms with van der Waals surface area (Å²) >= 11 is 7.56. The normalized spacial score (nSPS) is 12.5. The largest absolute Gasteiger partial charge is 0.506 e. The van der Waals surface area contributed by atoms with Crippen LogP contribution in [0.1, 0.15) is 26.6 Å². The Balaban J connectivity index is 1.72. The fraction of sp³-hybridized carbons (Fsp3) is 0.200. The number of amides is 1. The first-order chi connectivity index (χ1) is 14.9. The molecule has 0 saturated carbocycles. The highest BCUT2D eigenvalue weighted by Crippen LogP contribution is 2.32. The first kappa shape index (κ1) is 21.0. The van der Waals surface area contributed by atoms with Crippen LogP contribution in [0.15, 0.2) is 34.4 Å². The molecule has 0 saturated heterocycles. The van der Waals surface area contributed by atoms with Crippen LogP contribution in [0.4, 0.5) is 0 Å². The zero-order valence-corrected chi connectivity index (χ0v) is 17.5. The molecule has 0 fully saturated rings. The molecule has 0 aliphatic carbocycles. The smallest absolute Gasteiger partial charge is 0.322 e. The van der Waals surface area contributed by atoms with Crippen LogP contribution in [0.3, 0.4) is 0 Å². The lowest BCUT2D eigenvalue weighted by atomic mass is 10.1. The first-order valence-electron chi connectivity index (χ1n) is 9.11. The van der Waals surface area contributed by atoms with Crippen molar-refractivity contribution in [2.24, 2.45) is 0 Å². The van der Waals surface area contributed by atoms with Crippen LogP contribution in [-0.4, -0.2) is 38.2 Å². The second-order valence-electron chi connectivity index (χ2n) is 6.72. The fourth-order valence-electron chi connectivity index (χ4n) is 3.30. The van der Waals surface area contributed by atoms with E-state index in [4.69, 9.17) is 21.4 Å². The number of benzene rings is 1. The van der Waals surface area contributed by atoms with Gasteiger partial charge >= 0.3 is 5.97 Å². The van der Waals surface area contributed by atoms with E-state index in [2.05, 4.69) is 10.3 Å². The minimum atomic E-state index is -1.27. The third kappa shape index (κ3) is 4.05. The van der Waals surface area contributed by atoms with E-state index in [9.17, 15) is 19.5 Å². The number of carboxylic acids is 1. The summed E-state index contributed by atoms with van der Waals surface area (Å²) in [5, 5.41) is 24.3. The van der Waals surface area contributed by atoms with Gasteiger partial charge in [-0.25, -0.2) is 4.98 Å². The minimum absolute atomic E-state index is 0.0312. The Bertz CT molecular complexity index is 1250. The van der Waals surface area contributed by atoms with Crippen molar-refractivity contribution in [2.45, 2.75) is 19.8 Å². The molecule has 31 heavy (non-hydrogen) atoms. The molecule has 1 aliphatic heterocycles. The lowest BCUT2D eigenvalue weighted by Gasteiger charge is -2.14. The van der Waals surface area contributed by atoms with Gasteiger partial charge in [0.2, 0.25) is 0 Å². The third-order valence-electron chi connectivity index (χ3n) is 4.76. The number of aliphatic carboxylic acids is 1. The summed E-state index contributed by atoms with van der Waals surface area (Å²) in [6, 6.07) is 7.25. The van der Waals surface area contributed by atoms with E-state index in [1.807, 2.05) is 23.6 Å². The topological polar surface area (TPSA) is 131 Å². The highest BCUT2D eigenvalue weighted by Gasteiger charge is 2.29. The zero-order valence-electron chi connectivity index (χ0n) is 15.9. The number of ether oxygens (including phenoxy) is 1. The second-order valence-corrected chi connectivity index (χ2v) is 8.07. The summed E-state index contributed by atoms with van der Waals surface area (Å²) in [6.45, 7) is -0.501. The Morgan fingerprint density at radius 3 is 2.81 bits per heavy atom. The number of halogens is 1.